The van der Waals surface area contributed by atoms with Gasteiger partial charge >= 0.3 is 0 Å². The lowest BCUT2D eigenvalue weighted by Gasteiger charge is -2.06. The van der Waals surface area contributed by atoms with Crippen LogP contribution in [-0.2, 0) is 11.3 Å². The van der Waals surface area contributed by atoms with Gasteiger partial charge in [0, 0.05) is 29.0 Å². The van der Waals surface area contributed by atoms with Gasteiger partial charge in [0.2, 0.25) is 5.91 Å². The molecule has 0 unspecified atom stereocenters. The maximum Gasteiger partial charge on any atom is 0.246 e. The Hall–Kier alpha value is -1.95. The summed E-state index contributed by atoms with van der Waals surface area (Å²) in [6.07, 6.45) is 3.38. The van der Waals surface area contributed by atoms with E-state index < -0.39 is 0 Å². The number of carbonyl (C=O) groups excluding carboxylic acids is 2. The van der Waals surface area contributed by atoms with Crippen molar-refractivity contribution in [3.8, 4) is 0 Å². The summed E-state index contributed by atoms with van der Waals surface area (Å²) < 4.78 is 1.75. The highest BCUT2D eigenvalue weighted by Gasteiger charge is 2.11. The molecule has 2 heterocycles. The molecule has 1 amide bonds. The number of nitrogens with one attached hydrogen (secondary N) is 1. The third kappa shape index (κ3) is 2.65. The maximum absolute atomic E-state index is 11.8. The first-order chi connectivity index (χ1) is 8.58. The Morgan fingerprint density at radius 3 is 2.83 bits per heavy atom. The number of ketones is 1. The van der Waals surface area contributed by atoms with Gasteiger partial charge in [0.15, 0.2) is 10.9 Å². The first-order valence-electron chi connectivity index (χ1n) is 5.44. The molecule has 2 aromatic heterocycles. The van der Waals surface area contributed by atoms with E-state index in [0.717, 1.165) is 5.69 Å². The van der Waals surface area contributed by atoms with E-state index in [2.05, 4.69) is 10.3 Å². The summed E-state index contributed by atoms with van der Waals surface area (Å²) in [5.41, 5.74) is 1.45. The number of anilines is 1. The van der Waals surface area contributed by atoms with Crippen LogP contribution in [0.4, 0.5) is 5.13 Å². The molecule has 0 aromatic carbocycles. The van der Waals surface area contributed by atoms with E-state index in [4.69, 9.17) is 0 Å². The molecule has 18 heavy (non-hydrogen) atoms. The summed E-state index contributed by atoms with van der Waals surface area (Å²) in [5, 5.41) is 5.08. The molecule has 0 saturated carbocycles. The van der Waals surface area contributed by atoms with Crippen molar-refractivity contribution >= 4 is 28.2 Å². The van der Waals surface area contributed by atoms with Gasteiger partial charge in [-0.2, -0.15) is 0 Å². The Bertz CT molecular complexity index is 572. The molecule has 5 nitrogen and oxygen atoms in total. The number of hydrogen-bond donors (Lipinski definition) is 1. The van der Waals surface area contributed by atoms with Gasteiger partial charge in [-0.15, -0.1) is 11.3 Å². The van der Waals surface area contributed by atoms with E-state index >= 15 is 0 Å². The minimum absolute atomic E-state index is 0.00609. The van der Waals surface area contributed by atoms with Gasteiger partial charge in [-0.25, -0.2) is 4.98 Å². The Morgan fingerprint density at radius 1 is 1.50 bits per heavy atom. The number of hydrogen-bond acceptors (Lipinski definition) is 4. The average Bonchev–Trinajstić information content (AvgIpc) is 2.90. The lowest BCUT2D eigenvalue weighted by molar-refractivity contribution is -0.116. The molecule has 0 saturated heterocycles. The molecule has 0 aliphatic rings. The van der Waals surface area contributed by atoms with Crippen LogP contribution < -0.4 is 5.32 Å². The Labute approximate surface area is 108 Å². The summed E-state index contributed by atoms with van der Waals surface area (Å²) in [5.74, 6) is -0.148. The minimum Gasteiger partial charge on any atom is -0.342 e. The molecule has 0 atom stereocenters. The van der Waals surface area contributed by atoms with Crippen molar-refractivity contribution in [3.05, 3.63) is 35.1 Å². The van der Waals surface area contributed by atoms with Crippen molar-refractivity contribution in [2.24, 2.45) is 0 Å². The van der Waals surface area contributed by atoms with Crippen LogP contribution in [-0.4, -0.2) is 21.2 Å². The maximum atomic E-state index is 11.8. The molecule has 0 radical (unpaired) electrons. The lowest BCUT2D eigenvalue weighted by atomic mass is 10.2. The molecular weight excluding hydrogens is 250 g/mol. The van der Waals surface area contributed by atoms with Crippen LogP contribution in [0.15, 0.2) is 23.8 Å². The van der Waals surface area contributed by atoms with Crippen LogP contribution in [0.25, 0.3) is 0 Å². The van der Waals surface area contributed by atoms with Gasteiger partial charge in [-0.05, 0) is 19.9 Å². The van der Waals surface area contributed by atoms with Crippen LogP contribution in [0.5, 0.6) is 0 Å². The van der Waals surface area contributed by atoms with Crippen molar-refractivity contribution < 1.29 is 9.59 Å². The summed E-state index contributed by atoms with van der Waals surface area (Å²) in [6.45, 7) is 3.52. The van der Waals surface area contributed by atoms with Crippen LogP contribution in [0.1, 0.15) is 23.0 Å². The Balaban J connectivity index is 2.05. The van der Waals surface area contributed by atoms with Crippen LogP contribution in [0.2, 0.25) is 0 Å². The number of aromatic nitrogens is 2. The molecule has 0 aliphatic carbocycles. The monoisotopic (exact) mass is 263 g/mol. The first kappa shape index (κ1) is 12.5. The van der Waals surface area contributed by atoms with Crippen LogP contribution in [0.3, 0.4) is 0 Å². The largest absolute Gasteiger partial charge is 0.342 e. The van der Waals surface area contributed by atoms with Gasteiger partial charge < -0.3 is 9.88 Å². The summed E-state index contributed by atoms with van der Waals surface area (Å²) in [4.78, 5) is 27.0. The molecular formula is C12H13N3O2S. The Morgan fingerprint density at radius 2 is 2.28 bits per heavy atom. The highest BCUT2D eigenvalue weighted by atomic mass is 32.1. The third-order valence-electron chi connectivity index (χ3n) is 2.61. The Kier molecular flexibility index (Phi) is 3.57. The highest BCUT2D eigenvalue weighted by molar-refractivity contribution is 7.13. The second-order valence-corrected chi connectivity index (χ2v) is 4.78. The quantitative estimate of drug-likeness (QED) is 0.859. The van der Waals surface area contributed by atoms with Crippen molar-refractivity contribution in [1.29, 1.82) is 0 Å². The molecule has 0 spiro atoms. The normalized spacial score (nSPS) is 10.3. The third-order valence-corrected chi connectivity index (χ3v) is 3.30. The summed E-state index contributed by atoms with van der Waals surface area (Å²) in [7, 11) is 0. The fourth-order valence-electron chi connectivity index (χ4n) is 1.69. The number of thiazole rings is 1. The lowest BCUT2D eigenvalue weighted by Crippen LogP contribution is -2.19. The van der Waals surface area contributed by atoms with Gasteiger partial charge in [0.25, 0.3) is 0 Å². The van der Waals surface area contributed by atoms with E-state index in [1.807, 2.05) is 6.92 Å². The van der Waals surface area contributed by atoms with E-state index in [0.29, 0.717) is 10.7 Å². The first-order valence-corrected chi connectivity index (χ1v) is 6.32. The molecule has 0 aliphatic heterocycles. The molecule has 2 rings (SSSR count). The SMILES string of the molecule is CC(=O)c1ccn(CC(=O)Nc2nccs2)c1C. The van der Waals surface area contributed by atoms with Gasteiger partial charge in [0.05, 0.1) is 0 Å². The zero-order chi connectivity index (χ0) is 13.1. The average molecular weight is 263 g/mol. The number of carbonyl (C=O) groups is 2. The summed E-state index contributed by atoms with van der Waals surface area (Å²) in [6, 6.07) is 1.73. The molecule has 94 valence electrons. The smallest absolute Gasteiger partial charge is 0.246 e. The molecule has 2 aromatic rings. The standard InChI is InChI=1S/C12H13N3O2S/c1-8-10(9(2)16)3-5-15(8)7-11(17)14-12-13-4-6-18-12/h3-6H,7H2,1-2H3,(H,13,14,17). The molecule has 0 fully saturated rings. The predicted octanol–water partition coefficient (Wildman–Crippen LogP) is 2.09. The topological polar surface area (TPSA) is 64.0 Å². The molecule has 6 heteroatoms. The van der Waals surface area contributed by atoms with Gasteiger partial charge in [-0.1, -0.05) is 0 Å². The van der Waals surface area contributed by atoms with Crippen LogP contribution in [0, 0.1) is 6.92 Å². The van der Waals surface area contributed by atoms with E-state index in [1.165, 1.54) is 18.3 Å². The van der Waals surface area contributed by atoms with Gasteiger partial charge in [0.1, 0.15) is 6.54 Å². The van der Waals surface area contributed by atoms with Gasteiger partial charge in [-0.3, -0.25) is 9.59 Å². The van der Waals surface area contributed by atoms with Crippen molar-refractivity contribution in [2.45, 2.75) is 20.4 Å². The van der Waals surface area contributed by atoms with E-state index in [-0.39, 0.29) is 18.2 Å². The number of amides is 1. The van der Waals surface area contributed by atoms with E-state index in [9.17, 15) is 9.59 Å². The van der Waals surface area contributed by atoms with Crippen molar-refractivity contribution in [3.63, 3.8) is 0 Å². The zero-order valence-electron chi connectivity index (χ0n) is 10.1. The fourth-order valence-corrected chi connectivity index (χ4v) is 2.24. The van der Waals surface area contributed by atoms with E-state index in [1.54, 1.807) is 28.4 Å². The second kappa shape index (κ2) is 5.14. The zero-order valence-corrected chi connectivity index (χ0v) is 11.0. The fraction of sp³-hybridized carbons (Fsp3) is 0.250. The molecule has 1 N–H and O–H groups in total. The van der Waals surface area contributed by atoms with Crippen molar-refractivity contribution in [1.82, 2.24) is 9.55 Å². The van der Waals surface area contributed by atoms with Crippen molar-refractivity contribution in [2.75, 3.05) is 5.32 Å². The molecule has 0 bridgehead atoms. The summed E-state index contributed by atoms with van der Waals surface area (Å²) >= 11 is 1.37. The second-order valence-electron chi connectivity index (χ2n) is 3.88. The highest BCUT2D eigenvalue weighted by Crippen LogP contribution is 2.13. The minimum atomic E-state index is -0.154. The number of Topliss-reactive ketones (excluding diaryl/α,β-unsaturated/α-hetero) is 1. The predicted molar refractivity (Wildman–Crippen MR) is 69.9 cm³/mol. The van der Waals surface area contributed by atoms with Crippen LogP contribution >= 0.6 is 11.3 Å². The number of nitrogens with zero attached hydrogens (tertiary/aromatic N) is 2. The number of rotatable bonds is 4.